The van der Waals surface area contributed by atoms with Gasteiger partial charge in [-0.1, -0.05) is 5.92 Å². The lowest BCUT2D eigenvalue weighted by molar-refractivity contribution is 0.369. The van der Waals surface area contributed by atoms with E-state index in [2.05, 4.69) is 5.92 Å². The van der Waals surface area contributed by atoms with Gasteiger partial charge in [0.2, 0.25) is 0 Å². The molecule has 0 heterocycles. The maximum Gasteiger partial charge on any atom is 0.148 e. The van der Waals surface area contributed by atoms with Gasteiger partial charge in [0.15, 0.2) is 0 Å². The van der Waals surface area contributed by atoms with Crippen molar-refractivity contribution >= 4 is 5.69 Å². The summed E-state index contributed by atoms with van der Waals surface area (Å²) in [6, 6.07) is 2.75. The number of ether oxygens (including phenoxy) is 1. The highest BCUT2D eigenvalue weighted by molar-refractivity contribution is 5.54. The number of nitrogen functional groups attached to an aromatic ring is 1. The molecule has 0 atom stereocenters. The van der Waals surface area contributed by atoms with Crippen LogP contribution in [0.4, 0.5) is 10.1 Å². The van der Waals surface area contributed by atoms with Gasteiger partial charge in [-0.3, -0.25) is 0 Å². The normalized spacial score (nSPS) is 9.31. The molecule has 0 aromatic heterocycles. The molecule has 0 saturated heterocycles. The molecule has 0 aliphatic carbocycles. The Labute approximate surface area is 76.5 Å². The first kappa shape index (κ1) is 9.40. The number of halogens is 1. The molecule has 0 radical (unpaired) electrons. The molecular formula is C10H10FNO. The van der Waals surface area contributed by atoms with Crippen molar-refractivity contribution in [3.8, 4) is 18.1 Å². The lowest BCUT2D eigenvalue weighted by Crippen LogP contribution is -1.99. The first-order valence-electron chi connectivity index (χ1n) is 3.77. The van der Waals surface area contributed by atoms with Gasteiger partial charge in [0, 0.05) is 6.07 Å². The van der Waals surface area contributed by atoms with Crippen molar-refractivity contribution in [1.29, 1.82) is 0 Å². The van der Waals surface area contributed by atoms with E-state index in [9.17, 15) is 4.39 Å². The highest BCUT2D eigenvalue weighted by Gasteiger charge is 2.04. The summed E-state index contributed by atoms with van der Waals surface area (Å²) in [7, 11) is 0. The third-order valence-corrected chi connectivity index (χ3v) is 1.60. The maximum atomic E-state index is 13.0. The molecular weight excluding hydrogens is 169 g/mol. The average Bonchev–Trinajstić information content (AvgIpc) is 2.09. The van der Waals surface area contributed by atoms with E-state index in [4.69, 9.17) is 16.9 Å². The fourth-order valence-electron chi connectivity index (χ4n) is 0.930. The van der Waals surface area contributed by atoms with Crippen LogP contribution in [-0.4, -0.2) is 6.61 Å². The molecule has 0 saturated carbocycles. The van der Waals surface area contributed by atoms with Crippen LogP contribution in [0.15, 0.2) is 12.1 Å². The number of aryl methyl sites for hydroxylation is 1. The minimum absolute atomic E-state index is 0.0900. The van der Waals surface area contributed by atoms with Crippen molar-refractivity contribution in [2.24, 2.45) is 0 Å². The van der Waals surface area contributed by atoms with E-state index in [1.165, 1.54) is 12.1 Å². The van der Waals surface area contributed by atoms with Crippen LogP contribution in [0.3, 0.4) is 0 Å². The molecule has 0 aliphatic heterocycles. The van der Waals surface area contributed by atoms with Crippen LogP contribution < -0.4 is 10.5 Å². The highest BCUT2D eigenvalue weighted by atomic mass is 19.1. The SMILES string of the molecule is C#CCOc1cc(F)c(C)cc1N. The maximum absolute atomic E-state index is 13.0. The first-order chi connectivity index (χ1) is 6.15. The van der Waals surface area contributed by atoms with E-state index in [-0.39, 0.29) is 12.4 Å². The summed E-state index contributed by atoms with van der Waals surface area (Å²) in [5, 5.41) is 0. The molecule has 68 valence electrons. The van der Waals surface area contributed by atoms with Crippen LogP contribution in [0, 0.1) is 25.1 Å². The molecule has 0 fully saturated rings. The molecule has 1 rings (SSSR count). The second kappa shape index (κ2) is 3.81. The van der Waals surface area contributed by atoms with Crippen molar-refractivity contribution in [3.63, 3.8) is 0 Å². The molecule has 0 bridgehead atoms. The predicted octanol–water partition coefficient (Wildman–Crippen LogP) is 1.73. The Morgan fingerprint density at radius 2 is 2.31 bits per heavy atom. The average molecular weight is 179 g/mol. The van der Waals surface area contributed by atoms with E-state index < -0.39 is 0 Å². The van der Waals surface area contributed by atoms with Gasteiger partial charge in [0.05, 0.1) is 5.69 Å². The summed E-state index contributed by atoms with van der Waals surface area (Å²) in [5.41, 5.74) is 6.46. The Morgan fingerprint density at radius 1 is 1.62 bits per heavy atom. The zero-order chi connectivity index (χ0) is 9.84. The molecule has 0 aliphatic rings. The van der Waals surface area contributed by atoms with E-state index in [0.29, 0.717) is 17.0 Å². The Balaban J connectivity index is 2.96. The topological polar surface area (TPSA) is 35.2 Å². The first-order valence-corrected chi connectivity index (χ1v) is 3.77. The van der Waals surface area contributed by atoms with Gasteiger partial charge in [-0.05, 0) is 18.6 Å². The van der Waals surface area contributed by atoms with E-state index in [0.717, 1.165) is 0 Å². The number of hydrogen-bond acceptors (Lipinski definition) is 2. The van der Waals surface area contributed by atoms with Gasteiger partial charge >= 0.3 is 0 Å². The number of rotatable bonds is 2. The van der Waals surface area contributed by atoms with Gasteiger partial charge in [-0.15, -0.1) is 6.42 Å². The quantitative estimate of drug-likeness (QED) is 0.554. The largest absolute Gasteiger partial charge is 0.479 e. The van der Waals surface area contributed by atoms with E-state index in [1.807, 2.05) is 0 Å². The molecule has 2 nitrogen and oxygen atoms in total. The van der Waals surface area contributed by atoms with Crippen LogP contribution >= 0.6 is 0 Å². The third kappa shape index (κ3) is 2.12. The summed E-state index contributed by atoms with van der Waals surface area (Å²) < 4.78 is 18.0. The van der Waals surface area contributed by atoms with Gasteiger partial charge in [0.25, 0.3) is 0 Å². The molecule has 13 heavy (non-hydrogen) atoms. The van der Waals surface area contributed by atoms with Crippen LogP contribution in [0.2, 0.25) is 0 Å². The Hall–Kier alpha value is -1.69. The van der Waals surface area contributed by atoms with Gasteiger partial charge in [-0.2, -0.15) is 0 Å². The molecule has 0 unspecified atom stereocenters. The van der Waals surface area contributed by atoms with Gasteiger partial charge in [-0.25, -0.2) is 4.39 Å². The predicted molar refractivity (Wildman–Crippen MR) is 49.9 cm³/mol. The molecule has 1 aromatic carbocycles. The zero-order valence-corrected chi connectivity index (χ0v) is 7.30. The minimum Gasteiger partial charge on any atom is -0.479 e. The number of terminal acetylenes is 1. The van der Waals surface area contributed by atoms with Crippen LogP contribution in [0.25, 0.3) is 0 Å². The van der Waals surface area contributed by atoms with Crippen LogP contribution in [0.5, 0.6) is 5.75 Å². The smallest absolute Gasteiger partial charge is 0.148 e. The number of hydrogen-bond donors (Lipinski definition) is 1. The summed E-state index contributed by atoms with van der Waals surface area (Å²) in [6.45, 7) is 1.73. The monoisotopic (exact) mass is 179 g/mol. The van der Waals surface area contributed by atoms with Gasteiger partial charge in [0.1, 0.15) is 18.2 Å². The van der Waals surface area contributed by atoms with Crippen molar-refractivity contribution < 1.29 is 9.13 Å². The van der Waals surface area contributed by atoms with Gasteiger partial charge < -0.3 is 10.5 Å². The van der Waals surface area contributed by atoms with E-state index in [1.54, 1.807) is 6.92 Å². The lowest BCUT2D eigenvalue weighted by Gasteiger charge is -2.07. The van der Waals surface area contributed by atoms with Crippen molar-refractivity contribution in [2.45, 2.75) is 6.92 Å². The second-order valence-corrected chi connectivity index (χ2v) is 2.63. The molecule has 0 amide bonds. The van der Waals surface area contributed by atoms with Crippen LogP contribution in [0.1, 0.15) is 5.56 Å². The number of benzene rings is 1. The molecule has 3 heteroatoms. The number of anilines is 1. The molecule has 1 aromatic rings. The Kier molecular flexibility index (Phi) is 2.76. The summed E-state index contributed by atoms with van der Waals surface area (Å²) >= 11 is 0. The lowest BCUT2D eigenvalue weighted by atomic mass is 10.2. The van der Waals surface area contributed by atoms with Crippen molar-refractivity contribution in [2.75, 3.05) is 12.3 Å². The molecule has 0 spiro atoms. The zero-order valence-electron chi connectivity index (χ0n) is 7.30. The Morgan fingerprint density at radius 3 is 2.92 bits per heavy atom. The third-order valence-electron chi connectivity index (χ3n) is 1.60. The molecule has 2 N–H and O–H groups in total. The van der Waals surface area contributed by atoms with Crippen molar-refractivity contribution in [1.82, 2.24) is 0 Å². The fourth-order valence-corrected chi connectivity index (χ4v) is 0.930. The minimum atomic E-state index is -0.346. The second-order valence-electron chi connectivity index (χ2n) is 2.63. The fraction of sp³-hybridized carbons (Fsp3) is 0.200. The van der Waals surface area contributed by atoms with E-state index >= 15 is 0 Å². The summed E-state index contributed by atoms with van der Waals surface area (Å²) in [6.07, 6.45) is 4.98. The summed E-state index contributed by atoms with van der Waals surface area (Å²) in [5.74, 6) is 2.22. The Bertz CT molecular complexity index is 355. The number of nitrogens with two attached hydrogens (primary N) is 1. The van der Waals surface area contributed by atoms with Crippen LogP contribution in [-0.2, 0) is 0 Å². The standard InChI is InChI=1S/C10H10FNO/c1-3-4-13-10-6-8(11)7(2)5-9(10)12/h1,5-6H,4,12H2,2H3. The summed E-state index contributed by atoms with van der Waals surface area (Å²) in [4.78, 5) is 0. The van der Waals surface area contributed by atoms with Crippen molar-refractivity contribution in [3.05, 3.63) is 23.5 Å². The highest BCUT2D eigenvalue weighted by Crippen LogP contribution is 2.24.